The highest BCUT2D eigenvalue weighted by Crippen LogP contribution is 2.37. The number of aryl methyl sites for hydroxylation is 1. The molecule has 0 amide bonds. The molecule has 0 bridgehead atoms. The van der Waals surface area contributed by atoms with Gasteiger partial charge in [0.25, 0.3) is 0 Å². The van der Waals surface area contributed by atoms with E-state index in [0.29, 0.717) is 12.0 Å². The minimum Gasteiger partial charge on any atom is -0.327 e. The third kappa shape index (κ3) is 2.43. The summed E-state index contributed by atoms with van der Waals surface area (Å²) in [6, 6.07) is 2.69. The molecule has 2 rings (SSSR count). The average Bonchev–Trinajstić information content (AvgIpc) is 2.73. The number of hydrogen-bond acceptors (Lipinski definition) is 2. The largest absolute Gasteiger partial charge is 0.327 e. The molecule has 1 aromatic heterocycles. The first-order valence-electron chi connectivity index (χ1n) is 6.14. The number of rotatable bonds is 4. The summed E-state index contributed by atoms with van der Waals surface area (Å²) >= 11 is 1.91. The van der Waals surface area contributed by atoms with E-state index in [1.54, 1.807) is 10.4 Å². The Hall–Kier alpha value is -0.340. The molecule has 0 aromatic carbocycles. The summed E-state index contributed by atoms with van der Waals surface area (Å²) in [5, 5.41) is 2.23. The Bertz CT molecular complexity index is 305. The van der Waals surface area contributed by atoms with Gasteiger partial charge in [0.05, 0.1) is 0 Å². The first kappa shape index (κ1) is 11.2. The highest BCUT2D eigenvalue weighted by atomic mass is 32.1. The second-order valence-corrected chi connectivity index (χ2v) is 5.60. The third-order valence-electron chi connectivity index (χ3n) is 3.51. The zero-order chi connectivity index (χ0) is 10.7. The van der Waals surface area contributed by atoms with Gasteiger partial charge in [0.15, 0.2) is 0 Å². The molecule has 2 N–H and O–H groups in total. The van der Waals surface area contributed by atoms with Gasteiger partial charge in [0, 0.05) is 16.8 Å². The Labute approximate surface area is 96.7 Å². The van der Waals surface area contributed by atoms with Gasteiger partial charge in [-0.15, -0.1) is 11.3 Å². The van der Waals surface area contributed by atoms with Crippen LogP contribution < -0.4 is 5.73 Å². The third-order valence-corrected chi connectivity index (χ3v) is 4.50. The van der Waals surface area contributed by atoms with Crippen LogP contribution in [0.1, 0.15) is 55.4 Å². The lowest BCUT2D eigenvalue weighted by Gasteiger charge is -2.28. The van der Waals surface area contributed by atoms with Gasteiger partial charge in [0.1, 0.15) is 0 Å². The lowest BCUT2D eigenvalue weighted by molar-refractivity contribution is 0.434. The van der Waals surface area contributed by atoms with Gasteiger partial charge in [0.2, 0.25) is 0 Å². The van der Waals surface area contributed by atoms with Crippen LogP contribution in [0.4, 0.5) is 0 Å². The van der Waals surface area contributed by atoms with E-state index in [1.807, 2.05) is 11.3 Å². The summed E-state index contributed by atoms with van der Waals surface area (Å²) in [5.41, 5.74) is 7.88. The van der Waals surface area contributed by atoms with Crippen molar-refractivity contribution >= 4 is 11.3 Å². The molecule has 0 fully saturated rings. The predicted octanol–water partition coefficient (Wildman–Crippen LogP) is 3.69. The van der Waals surface area contributed by atoms with E-state index < -0.39 is 0 Å². The second-order valence-electron chi connectivity index (χ2n) is 4.60. The molecule has 1 nitrogen and oxygen atoms in total. The molecule has 15 heavy (non-hydrogen) atoms. The summed E-state index contributed by atoms with van der Waals surface area (Å²) in [5.74, 6) is 0.645. The van der Waals surface area contributed by atoms with Crippen LogP contribution in [0.3, 0.4) is 0 Å². The van der Waals surface area contributed by atoms with Crippen LogP contribution in [0.2, 0.25) is 0 Å². The first-order chi connectivity index (χ1) is 7.33. The van der Waals surface area contributed by atoms with Crippen LogP contribution in [-0.2, 0) is 6.42 Å². The average molecular weight is 223 g/mol. The maximum absolute atomic E-state index is 6.31. The molecular weight excluding hydrogens is 202 g/mol. The first-order valence-corrected chi connectivity index (χ1v) is 7.02. The minimum absolute atomic E-state index is 0.388. The number of nitrogens with two attached hydrogens (primary N) is 1. The number of hydrogen-bond donors (Lipinski definition) is 1. The molecule has 2 heteroatoms. The molecule has 0 aliphatic heterocycles. The number of thiophene rings is 1. The normalized spacial score (nSPS) is 22.4. The van der Waals surface area contributed by atoms with Crippen LogP contribution in [0.25, 0.3) is 0 Å². The van der Waals surface area contributed by atoms with Crippen LogP contribution in [-0.4, -0.2) is 6.04 Å². The van der Waals surface area contributed by atoms with Gasteiger partial charge >= 0.3 is 0 Å². The van der Waals surface area contributed by atoms with Gasteiger partial charge in [-0.2, -0.15) is 0 Å². The topological polar surface area (TPSA) is 26.0 Å². The summed E-state index contributed by atoms with van der Waals surface area (Å²) < 4.78 is 0. The van der Waals surface area contributed by atoms with Crippen molar-refractivity contribution in [1.82, 2.24) is 0 Å². The molecule has 0 radical (unpaired) electrons. The highest BCUT2D eigenvalue weighted by molar-refractivity contribution is 7.10. The lowest BCUT2D eigenvalue weighted by atomic mass is 9.81. The summed E-state index contributed by atoms with van der Waals surface area (Å²) in [6.07, 6.45) is 7.64. The van der Waals surface area contributed by atoms with Crippen LogP contribution in [0.5, 0.6) is 0 Å². The molecule has 84 valence electrons. The van der Waals surface area contributed by atoms with E-state index in [-0.39, 0.29) is 0 Å². The van der Waals surface area contributed by atoms with E-state index in [4.69, 9.17) is 5.73 Å². The lowest BCUT2D eigenvalue weighted by Crippen LogP contribution is -2.30. The van der Waals surface area contributed by atoms with Crippen molar-refractivity contribution in [3.63, 3.8) is 0 Å². The molecule has 2 unspecified atom stereocenters. The Balaban J connectivity index is 2.05. The maximum atomic E-state index is 6.31. The fraction of sp³-hybridized carbons (Fsp3) is 0.692. The fourth-order valence-electron chi connectivity index (χ4n) is 2.61. The smallest absolute Gasteiger partial charge is 0.0108 e. The maximum Gasteiger partial charge on any atom is 0.0108 e. The van der Waals surface area contributed by atoms with E-state index in [2.05, 4.69) is 18.4 Å². The van der Waals surface area contributed by atoms with Crippen molar-refractivity contribution in [1.29, 1.82) is 0 Å². The second kappa shape index (κ2) is 5.13. The molecule has 2 atom stereocenters. The van der Waals surface area contributed by atoms with Crippen molar-refractivity contribution in [3.8, 4) is 0 Å². The van der Waals surface area contributed by atoms with Gasteiger partial charge in [-0.05, 0) is 42.7 Å². The van der Waals surface area contributed by atoms with E-state index in [9.17, 15) is 0 Å². The van der Waals surface area contributed by atoms with Gasteiger partial charge in [-0.25, -0.2) is 0 Å². The quantitative estimate of drug-likeness (QED) is 0.828. The molecule has 0 saturated carbocycles. The number of unbranched alkanes of at least 4 members (excludes halogenated alkanes) is 1. The van der Waals surface area contributed by atoms with E-state index >= 15 is 0 Å². The molecule has 0 saturated heterocycles. The fourth-order valence-corrected chi connectivity index (χ4v) is 3.60. The molecule has 1 aliphatic carbocycles. The molecule has 1 aromatic rings. The monoisotopic (exact) mass is 223 g/mol. The van der Waals surface area contributed by atoms with Crippen molar-refractivity contribution in [2.75, 3.05) is 0 Å². The minimum atomic E-state index is 0.388. The Kier molecular flexibility index (Phi) is 3.81. The van der Waals surface area contributed by atoms with Crippen molar-refractivity contribution in [2.24, 2.45) is 5.73 Å². The van der Waals surface area contributed by atoms with Gasteiger partial charge in [-0.3, -0.25) is 0 Å². The van der Waals surface area contributed by atoms with E-state index in [0.717, 1.165) is 0 Å². The SMILES string of the molecule is CCCCC(N)C1CCCc2sccc21. The Morgan fingerprint density at radius 2 is 2.47 bits per heavy atom. The van der Waals surface area contributed by atoms with Gasteiger partial charge in [-0.1, -0.05) is 19.8 Å². The van der Waals surface area contributed by atoms with Gasteiger partial charge < -0.3 is 5.73 Å². The van der Waals surface area contributed by atoms with Crippen LogP contribution in [0.15, 0.2) is 11.4 Å². The standard InChI is InChI=1S/C13H21NS/c1-2-3-6-12(14)10-5-4-7-13-11(10)8-9-15-13/h8-10,12H,2-7,14H2,1H3. The molecule has 0 spiro atoms. The summed E-state index contributed by atoms with van der Waals surface area (Å²) in [6.45, 7) is 2.24. The molecule has 1 heterocycles. The number of fused-ring (bicyclic) bond motifs is 1. The van der Waals surface area contributed by atoms with Crippen molar-refractivity contribution < 1.29 is 0 Å². The summed E-state index contributed by atoms with van der Waals surface area (Å²) in [4.78, 5) is 1.60. The van der Waals surface area contributed by atoms with Crippen molar-refractivity contribution in [3.05, 3.63) is 21.9 Å². The van der Waals surface area contributed by atoms with E-state index in [1.165, 1.54) is 38.5 Å². The predicted molar refractivity (Wildman–Crippen MR) is 67.5 cm³/mol. The van der Waals surface area contributed by atoms with Crippen molar-refractivity contribution in [2.45, 2.75) is 57.4 Å². The van der Waals surface area contributed by atoms with Crippen LogP contribution in [0, 0.1) is 0 Å². The highest BCUT2D eigenvalue weighted by Gasteiger charge is 2.25. The zero-order valence-electron chi connectivity index (χ0n) is 9.54. The Morgan fingerprint density at radius 1 is 1.60 bits per heavy atom. The Morgan fingerprint density at radius 3 is 3.27 bits per heavy atom. The molecular formula is C13H21NS. The summed E-state index contributed by atoms with van der Waals surface area (Å²) in [7, 11) is 0. The zero-order valence-corrected chi connectivity index (χ0v) is 10.4. The van der Waals surface area contributed by atoms with Crippen LogP contribution >= 0.6 is 11.3 Å². The molecule has 1 aliphatic rings.